The lowest BCUT2D eigenvalue weighted by Crippen LogP contribution is -2.30. The van der Waals surface area contributed by atoms with E-state index in [0.29, 0.717) is 19.3 Å². The number of unbranched alkanes of at least 4 members (excludes halogenated alkanes) is 43. The van der Waals surface area contributed by atoms with Crippen molar-refractivity contribution in [1.29, 1.82) is 0 Å². The fraction of sp³-hybridized carbons (Fsp3) is 0.843. The summed E-state index contributed by atoms with van der Waals surface area (Å²) in [7, 11) is 0. The van der Waals surface area contributed by atoms with E-state index in [1.165, 1.54) is 250 Å². The van der Waals surface area contributed by atoms with Gasteiger partial charge in [-0.3, -0.25) is 14.4 Å². The zero-order chi connectivity index (χ0) is 55.0. The molecule has 0 aliphatic carbocycles. The van der Waals surface area contributed by atoms with Crippen LogP contribution in [-0.2, 0) is 28.6 Å². The van der Waals surface area contributed by atoms with Gasteiger partial charge in [-0.05, 0) is 103 Å². The van der Waals surface area contributed by atoms with Crippen LogP contribution in [0, 0.1) is 0 Å². The molecule has 0 fully saturated rings. The zero-order valence-electron chi connectivity index (χ0n) is 51.0. The van der Waals surface area contributed by atoms with Crippen LogP contribution < -0.4 is 0 Å². The van der Waals surface area contributed by atoms with Gasteiger partial charge in [-0.15, -0.1) is 0 Å². The van der Waals surface area contributed by atoms with Crippen molar-refractivity contribution in [1.82, 2.24) is 0 Å². The van der Waals surface area contributed by atoms with E-state index in [1.807, 2.05) is 0 Å². The fourth-order valence-corrected chi connectivity index (χ4v) is 9.94. The lowest BCUT2D eigenvalue weighted by atomic mass is 10.0. The minimum atomic E-state index is -0.780. The lowest BCUT2D eigenvalue weighted by Gasteiger charge is -2.18. The highest BCUT2D eigenvalue weighted by Gasteiger charge is 2.19. The molecular formula is C70H128O6. The van der Waals surface area contributed by atoms with E-state index in [4.69, 9.17) is 14.2 Å². The molecule has 0 spiro atoms. The van der Waals surface area contributed by atoms with Crippen molar-refractivity contribution in [2.24, 2.45) is 0 Å². The Morgan fingerprint density at radius 1 is 0.263 bits per heavy atom. The van der Waals surface area contributed by atoms with Crippen LogP contribution in [-0.4, -0.2) is 37.2 Å². The van der Waals surface area contributed by atoms with Crippen LogP contribution in [0.3, 0.4) is 0 Å². The van der Waals surface area contributed by atoms with Gasteiger partial charge in [-0.25, -0.2) is 0 Å². The molecule has 0 radical (unpaired) electrons. The van der Waals surface area contributed by atoms with Gasteiger partial charge < -0.3 is 14.2 Å². The third-order valence-corrected chi connectivity index (χ3v) is 15.0. The first-order chi connectivity index (χ1) is 37.5. The molecular weight excluding hydrogens is 937 g/mol. The van der Waals surface area contributed by atoms with Crippen molar-refractivity contribution in [2.45, 2.75) is 367 Å². The summed E-state index contributed by atoms with van der Waals surface area (Å²) in [4.78, 5) is 38.4. The van der Waals surface area contributed by atoms with Gasteiger partial charge in [0.05, 0.1) is 0 Å². The number of ether oxygens (including phenoxy) is 3. The van der Waals surface area contributed by atoms with Crippen molar-refractivity contribution in [3.63, 3.8) is 0 Å². The quantitative estimate of drug-likeness (QED) is 0.0261. The highest BCUT2D eigenvalue weighted by molar-refractivity contribution is 5.71. The van der Waals surface area contributed by atoms with E-state index in [1.54, 1.807) is 0 Å². The maximum Gasteiger partial charge on any atom is 0.306 e. The summed E-state index contributed by atoms with van der Waals surface area (Å²) >= 11 is 0. The van der Waals surface area contributed by atoms with Gasteiger partial charge in [-0.1, -0.05) is 288 Å². The monoisotopic (exact) mass is 1060 g/mol. The van der Waals surface area contributed by atoms with E-state index in [0.717, 1.165) is 70.6 Å². The average molecular weight is 1070 g/mol. The van der Waals surface area contributed by atoms with Gasteiger partial charge in [0.15, 0.2) is 6.10 Å². The fourth-order valence-electron chi connectivity index (χ4n) is 9.94. The topological polar surface area (TPSA) is 78.9 Å². The molecule has 0 aromatic carbocycles. The number of rotatable bonds is 62. The van der Waals surface area contributed by atoms with Crippen molar-refractivity contribution in [2.75, 3.05) is 13.2 Å². The molecule has 0 aliphatic rings. The Morgan fingerprint density at radius 3 is 0.750 bits per heavy atom. The summed E-state index contributed by atoms with van der Waals surface area (Å²) < 4.78 is 17.0. The summed E-state index contributed by atoms with van der Waals surface area (Å²) in [5.74, 6) is -0.867. The Kier molecular flexibility index (Phi) is 62.6. The van der Waals surface area contributed by atoms with E-state index >= 15 is 0 Å². The van der Waals surface area contributed by atoms with Crippen molar-refractivity contribution >= 4 is 17.9 Å². The van der Waals surface area contributed by atoms with Crippen LogP contribution in [0.4, 0.5) is 0 Å². The van der Waals surface area contributed by atoms with E-state index in [9.17, 15) is 14.4 Å². The maximum atomic E-state index is 12.9. The first-order valence-corrected chi connectivity index (χ1v) is 33.6. The summed E-state index contributed by atoms with van der Waals surface area (Å²) in [6.07, 6.45) is 81.2. The third-order valence-electron chi connectivity index (χ3n) is 15.0. The van der Waals surface area contributed by atoms with Gasteiger partial charge in [0, 0.05) is 19.3 Å². The molecule has 1 atom stereocenters. The molecule has 0 saturated carbocycles. The predicted molar refractivity (Wildman–Crippen MR) is 330 cm³/mol. The molecule has 0 heterocycles. The molecule has 0 aromatic heterocycles. The highest BCUT2D eigenvalue weighted by atomic mass is 16.6. The number of carbonyl (C=O) groups excluding carboxylic acids is 3. The summed E-state index contributed by atoms with van der Waals surface area (Å²) in [6.45, 7) is 6.67. The second-order valence-corrected chi connectivity index (χ2v) is 22.7. The van der Waals surface area contributed by atoms with E-state index in [-0.39, 0.29) is 31.1 Å². The van der Waals surface area contributed by atoms with Crippen LogP contribution in [0.2, 0.25) is 0 Å². The second-order valence-electron chi connectivity index (χ2n) is 22.7. The highest BCUT2D eigenvalue weighted by Crippen LogP contribution is 2.17. The average Bonchev–Trinajstić information content (AvgIpc) is 3.42. The molecule has 0 saturated heterocycles. The zero-order valence-corrected chi connectivity index (χ0v) is 51.0. The molecule has 0 N–H and O–H groups in total. The van der Waals surface area contributed by atoms with E-state index in [2.05, 4.69) is 69.4 Å². The smallest absolute Gasteiger partial charge is 0.306 e. The molecule has 6 heteroatoms. The van der Waals surface area contributed by atoms with Crippen LogP contribution in [0.1, 0.15) is 361 Å². The van der Waals surface area contributed by atoms with Crippen LogP contribution in [0.5, 0.6) is 0 Å². The van der Waals surface area contributed by atoms with Crippen molar-refractivity contribution in [3.8, 4) is 0 Å². The Labute approximate surface area is 473 Å². The summed E-state index contributed by atoms with van der Waals surface area (Å²) in [5, 5.41) is 0. The summed E-state index contributed by atoms with van der Waals surface area (Å²) in [6, 6.07) is 0. The minimum absolute atomic E-state index is 0.0756. The molecule has 0 amide bonds. The third kappa shape index (κ3) is 62.2. The summed E-state index contributed by atoms with van der Waals surface area (Å²) in [5.41, 5.74) is 0. The number of esters is 3. The molecule has 0 rings (SSSR count). The minimum Gasteiger partial charge on any atom is -0.462 e. The van der Waals surface area contributed by atoms with Gasteiger partial charge in [0.1, 0.15) is 13.2 Å². The number of hydrogen-bond donors (Lipinski definition) is 0. The first-order valence-electron chi connectivity index (χ1n) is 33.6. The molecule has 6 nitrogen and oxygen atoms in total. The maximum absolute atomic E-state index is 12.9. The standard InChI is InChI=1S/C70H128O6/c1-4-7-10-13-16-19-22-25-28-31-33-34-35-36-37-40-42-45-48-51-54-57-60-63-69(72)75-66-67(65-74-68(71)62-59-56-53-50-47-44-41-38-30-27-24-21-18-15-12-9-6-3)76-70(73)64-61-58-55-52-49-46-43-39-32-29-26-23-20-17-14-11-8-5-2/h20,23,27,29-33,67H,4-19,21-22,24-26,28,34-66H2,1-3H3/b23-20-,30-27-,32-29-,33-31-. The molecule has 1 unspecified atom stereocenters. The van der Waals surface area contributed by atoms with Gasteiger partial charge >= 0.3 is 17.9 Å². The largest absolute Gasteiger partial charge is 0.462 e. The van der Waals surface area contributed by atoms with Crippen LogP contribution in [0.25, 0.3) is 0 Å². The van der Waals surface area contributed by atoms with Crippen molar-refractivity contribution in [3.05, 3.63) is 48.6 Å². The van der Waals surface area contributed by atoms with Gasteiger partial charge in [0.2, 0.25) is 0 Å². The number of hydrogen-bond acceptors (Lipinski definition) is 6. The number of allylic oxidation sites excluding steroid dienone is 8. The number of carbonyl (C=O) groups is 3. The molecule has 0 aliphatic heterocycles. The second kappa shape index (κ2) is 64.9. The molecule has 444 valence electrons. The predicted octanol–water partition coefficient (Wildman–Crippen LogP) is 22.9. The molecule has 0 aromatic rings. The lowest BCUT2D eigenvalue weighted by molar-refractivity contribution is -0.167. The van der Waals surface area contributed by atoms with Gasteiger partial charge in [0.25, 0.3) is 0 Å². The van der Waals surface area contributed by atoms with Gasteiger partial charge in [-0.2, -0.15) is 0 Å². The Bertz CT molecular complexity index is 1310. The SMILES string of the molecule is CCCCCC/C=C\C/C=C\CCCCCCCCCC(=O)OC(COC(=O)CCCCCCCCC/C=C\CCCCCCCC)COC(=O)CCCCCCCCCCCCC/C=C\CCCCCCCCCC. The molecule has 76 heavy (non-hydrogen) atoms. The Hall–Kier alpha value is -2.63. The molecule has 0 bridgehead atoms. The first kappa shape index (κ1) is 73.4. The van der Waals surface area contributed by atoms with Crippen LogP contribution >= 0.6 is 0 Å². The normalized spacial score (nSPS) is 12.3. The van der Waals surface area contributed by atoms with Crippen LogP contribution in [0.15, 0.2) is 48.6 Å². The van der Waals surface area contributed by atoms with Crippen molar-refractivity contribution < 1.29 is 28.6 Å². The Morgan fingerprint density at radius 2 is 0.474 bits per heavy atom. The van der Waals surface area contributed by atoms with E-state index < -0.39 is 6.10 Å². The Balaban J connectivity index is 4.33.